The summed E-state index contributed by atoms with van der Waals surface area (Å²) in [5, 5.41) is 8.08. The minimum absolute atomic E-state index is 0.0191. The summed E-state index contributed by atoms with van der Waals surface area (Å²) in [5.74, 6) is 2.69. The molecule has 1 aromatic carbocycles. The Bertz CT molecular complexity index is 1620. The van der Waals surface area contributed by atoms with Crippen LogP contribution in [0.25, 0.3) is 11.5 Å². The van der Waals surface area contributed by atoms with Gasteiger partial charge in [-0.3, -0.25) is 14.6 Å². The fourth-order valence-corrected chi connectivity index (χ4v) is 6.86. The van der Waals surface area contributed by atoms with Gasteiger partial charge in [0.15, 0.2) is 11.6 Å². The number of hydrogen-bond acceptors (Lipinski definition) is 7. The Labute approximate surface area is 279 Å². The zero-order valence-corrected chi connectivity index (χ0v) is 28.1. The lowest BCUT2D eigenvalue weighted by atomic mass is 10.0. The number of allylic oxidation sites excluding steroid dienone is 1. The van der Waals surface area contributed by atoms with E-state index in [1.54, 1.807) is 4.90 Å². The summed E-state index contributed by atoms with van der Waals surface area (Å²) < 4.78 is 8.03. The van der Waals surface area contributed by atoms with E-state index < -0.39 is 0 Å². The van der Waals surface area contributed by atoms with E-state index in [1.807, 2.05) is 35.1 Å². The molecule has 1 amide bonds. The number of unbranched alkanes of at least 4 members (excludes halogenated alkanes) is 5. The van der Waals surface area contributed by atoms with Crippen molar-refractivity contribution >= 4 is 17.4 Å². The van der Waals surface area contributed by atoms with Crippen molar-refractivity contribution in [3.63, 3.8) is 0 Å². The van der Waals surface area contributed by atoms with Gasteiger partial charge < -0.3 is 15.0 Å². The van der Waals surface area contributed by atoms with Crippen LogP contribution in [0.4, 0.5) is 5.82 Å². The Morgan fingerprint density at radius 1 is 0.894 bits per heavy atom. The molecule has 1 unspecified atom stereocenters. The van der Waals surface area contributed by atoms with Gasteiger partial charge >= 0.3 is 0 Å². The number of nitrogens with zero attached hydrogens (tertiary/aromatic N) is 6. The van der Waals surface area contributed by atoms with Gasteiger partial charge in [0.2, 0.25) is 0 Å². The molecule has 3 aliphatic rings. The number of pyridine rings is 1. The monoisotopic (exact) mass is 635 g/mol. The van der Waals surface area contributed by atoms with Crippen molar-refractivity contribution in [2.45, 2.75) is 71.3 Å². The smallest absolute Gasteiger partial charge is 0.259 e. The minimum Gasteiger partial charge on any atom is -0.494 e. The van der Waals surface area contributed by atoms with Gasteiger partial charge in [0.25, 0.3) is 5.91 Å². The first-order valence-corrected chi connectivity index (χ1v) is 17.2. The van der Waals surface area contributed by atoms with Crippen molar-refractivity contribution in [3.05, 3.63) is 96.1 Å². The third-order valence-electron chi connectivity index (χ3n) is 9.63. The van der Waals surface area contributed by atoms with Crippen LogP contribution >= 0.6 is 0 Å². The van der Waals surface area contributed by atoms with Crippen LogP contribution < -0.4 is 15.0 Å². The molecule has 0 saturated carbocycles. The largest absolute Gasteiger partial charge is 0.494 e. The molecule has 5 heterocycles. The predicted octanol–water partition coefficient (Wildman–Crippen LogP) is 6.63. The number of aromatic nitrogens is 3. The summed E-state index contributed by atoms with van der Waals surface area (Å²) >= 11 is 0. The van der Waals surface area contributed by atoms with E-state index >= 15 is 0 Å². The number of hydrogen-bond donors (Lipinski definition) is 1. The van der Waals surface area contributed by atoms with Crippen molar-refractivity contribution < 1.29 is 9.53 Å². The molecule has 3 aliphatic heterocycles. The normalized spacial score (nSPS) is 18.6. The number of nitrogens with one attached hydrogen (secondary N) is 1. The number of fused-ring (bicyclic) bond motifs is 1. The number of rotatable bonds is 13. The van der Waals surface area contributed by atoms with Gasteiger partial charge in [0, 0.05) is 72.4 Å². The molecule has 2 fully saturated rings. The van der Waals surface area contributed by atoms with Crippen LogP contribution in [0.15, 0.2) is 73.7 Å². The first-order valence-electron chi connectivity index (χ1n) is 17.2. The van der Waals surface area contributed by atoms with E-state index in [2.05, 4.69) is 65.8 Å². The molecular weight excluding hydrogens is 586 g/mol. The van der Waals surface area contributed by atoms with Gasteiger partial charge in [-0.25, -0.2) is 9.67 Å². The van der Waals surface area contributed by atoms with Crippen LogP contribution in [-0.4, -0.2) is 75.8 Å². The lowest BCUT2D eigenvalue weighted by molar-refractivity contribution is 0.0809. The van der Waals surface area contributed by atoms with Gasteiger partial charge in [-0.2, -0.15) is 0 Å². The van der Waals surface area contributed by atoms with E-state index in [0.29, 0.717) is 12.2 Å². The van der Waals surface area contributed by atoms with E-state index in [9.17, 15) is 4.79 Å². The van der Waals surface area contributed by atoms with Gasteiger partial charge in [0.1, 0.15) is 5.75 Å². The maximum Gasteiger partial charge on any atom is 0.259 e. The van der Waals surface area contributed by atoms with Crippen LogP contribution in [-0.2, 0) is 0 Å². The number of aryl methyl sites for hydroxylation is 2. The molecule has 3 aromatic rings. The van der Waals surface area contributed by atoms with Crippen LogP contribution in [0.5, 0.6) is 5.75 Å². The van der Waals surface area contributed by atoms with E-state index in [4.69, 9.17) is 9.84 Å². The Balaban J connectivity index is 0.841. The zero-order chi connectivity index (χ0) is 32.9. The van der Waals surface area contributed by atoms with Gasteiger partial charge in [0.05, 0.1) is 12.6 Å². The van der Waals surface area contributed by atoms with Crippen LogP contribution in [0.3, 0.4) is 0 Å². The van der Waals surface area contributed by atoms with Crippen molar-refractivity contribution in [1.82, 2.24) is 29.9 Å². The summed E-state index contributed by atoms with van der Waals surface area (Å²) in [7, 11) is 0. The average molecular weight is 636 g/mol. The molecule has 6 rings (SSSR count). The molecule has 0 bridgehead atoms. The highest BCUT2D eigenvalue weighted by molar-refractivity contribution is 6.09. The molecule has 47 heavy (non-hydrogen) atoms. The van der Waals surface area contributed by atoms with Gasteiger partial charge in [-0.1, -0.05) is 51.5 Å². The van der Waals surface area contributed by atoms with Crippen molar-refractivity contribution in [2.24, 2.45) is 0 Å². The minimum atomic E-state index is -0.114. The molecule has 1 atom stereocenters. The third kappa shape index (κ3) is 7.46. The number of amides is 1. The molecule has 9 nitrogen and oxygen atoms in total. The summed E-state index contributed by atoms with van der Waals surface area (Å²) in [6.45, 7) is 22.5. The lowest BCUT2D eigenvalue weighted by Crippen LogP contribution is -2.46. The number of carbonyl (C=O) groups excluding carboxylic acids is 1. The molecule has 2 saturated heterocycles. The molecule has 0 spiro atoms. The number of benzene rings is 1. The molecule has 248 valence electrons. The number of ether oxygens (including phenoxy) is 1. The number of piperazine rings is 1. The Kier molecular flexibility index (Phi) is 10.1. The molecule has 2 aromatic heterocycles. The van der Waals surface area contributed by atoms with Crippen LogP contribution in [0, 0.1) is 13.8 Å². The second kappa shape index (κ2) is 14.6. The fourth-order valence-electron chi connectivity index (χ4n) is 6.86. The highest BCUT2D eigenvalue weighted by atomic mass is 16.5. The highest BCUT2D eigenvalue weighted by Crippen LogP contribution is 2.38. The third-order valence-corrected chi connectivity index (χ3v) is 9.63. The first-order chi connectivity index (χ1) is 22.8. The van der Waals surface area contributed by atoms with E-state index in [-0.39, 0.29) is 11.9 Å². The van der Waals surface area contributed by atoms with Crippen LogP contribution in [0.2, 0.25) is 0 Å². The zero-order valence-electron chi connectivity index (χ0n) is 28.1. The fraction of sp³-hybridized carbons (Fsp3) is 0.447. The second-order valence-electron chi connectivity index (χ2n) is 13.2. The SMILES string of the molecule is C=C1CCC(N2C(=C)c3cc(OCCCCCCCCN4CCN(c5cc(C)n(-c6ccc(C)cn6)n5)CC4)ccc3C2=O)C(=C)N1. The molecule has 0 aliphatic carbocycles. The topological polar surface area (TPSA) is 78.8 Å². The predicted molar refractivity (Wildman–Crippen MR) is 189 cm³/mol. The summed E-state index contributed by atoms with van der Waals surface area (Å²) in [4.78, 5) is 24.5. The number of piperidine rings is 1. The lowest BCUT2D eigenvalue weighted by Gasteiger charge is -2.35. The van der Waals surface area contributed by atoms with E-state index in [0.717, 1.165) is 103 Å². The summed E-state index contributed by atoms with van der Waals surface area (Å²) in [6.07, 6.45) is 10.7. The van der Waals surface area contributed by atoms with Gasteiger partial charge in [-0.05, 0) is 75.9 Å². The Morgan fingerprint density at radius 3 is 2.40 bits per heavy atom. The molecule has 9 heteroatoms. The maximum atomic E-state index is 13.2. The molecule has 1 N–H and O–H groups in total. The highest BCUT2D eigenvalue weighted by Gasteiger charge is 2.38. The molecular formula is C38H49N7O2. The average Bonchev–Trinajstić information content (AvgIpc) is 3.57. The quantitative estimate of drug-likeness (QED) is 0.211. The maximum absolute atomic E-state index is 13.2. The van der Waals surface area contributed by atoms with Crippen LogP contribution in [0.1, 0.15) is 78.5 Å². The standard InChI is InChI=1S/C38H49N7O2/c1-27-12-17-36(39-26-27)45-29(3)24-37(41-45)43-21-19-42(20-22-43)18-10-8-6-7-9-11-23-47-32-14-15-33-34(25-32)31(5)44(38(33)46)35-16-13-28(2)40-30(35)4/h12,14-15,17,24-26,35,40H,2,4-11,13,16,18-23H2,1,3H3. The van der Waals surface area contributed by atoms with E-state index in [1.165, 1.54) is 32.2 Å². The second-order valence-corrected chi connectivity index (χ2v) is 13.2. The molecule has 0 radical (unpaired) electrons. The Morgan fingerprint density at radius 2 is 1.66 bits per heavy atom. The summed E-state index contributed by atoms with van der Waals surface area (Å²) in [5.41, 5.74) is 6.25. The number of anilines is 1. The van der Waals surface area contributed by atoms with Crippen molar-refractivity contribution in [1.29, 1.82) is 0 Å². The summed E-state index contributed by atoms with van der Waals surface area (Å²) in [6, 6.07) is 11.9. The Hall–Kier alpha value is -4.37. The van der Waals surface area contributed by atoms with Crippen molar-refractivity contribution in [2.75, 3.05) is 44.2 Å². The first kappa shape index (κ1) is 32.6. The van der Waals surface area contributed by atoms with Gasteiger partial charge in [-0.15, -0.1) is 5.10 Å². The number of carbonyl (C=O) groups is 1. The van der Waals surface area contributed by atoms with Crippen molar-refractivity contribution in [3.8, 4) is 11.6 Å².